The van der Waals surface area contributed by atoms with E-state index in [0.29, 0.717) is 5.92 Å². The van der Waals surface area contributed by atoms with Crippen LogP contribution < -0.4 is 10.6 Å². The van der Waals surface area contributed by atoms with Crippen LogP contribution in [0.4, 0.5) is 0 Å². The number of furan rings is 1. The molecule has 0 aliphatic carbocycles. The van der Waals surface area contributed by atoms with E-state index in [4.69, 9.17) is 9.41 Å². The number of aliphatic imine (C=N–C) groups is 1. The molecule has 2 aromatic heterocycles. The third-order valence-corrected chi connectivity index (χ3v) is 4.96. The molecule has 0 amide bonds. The largest absolute Gasteiger partial charge is 0.468 e. The van der Waals surface area contributed by atoms with E-state index >= 15 is 0 Å². The summed E-state index contributed by atoms with van der Waals surface area (Å²) in [5, 5.41) is 8.86. The molecule has 2 heterocycles. The van der Waals surface area contributed by atoms with Gasteiger partial charge in [0.2, 0.25) is 0 Å². The minimum Gasteiger partial charge on any atom is -0.468 e. The number of halogens is 1. The molecule has 0 fully saturated rings. The van der Waals surface area contributed by atoms with Crippen molar-refractivity contribution in [2.75, 3.05) is 33.7 Å². The van der Waals surface area contributed by atoms with Crippen molar-refractivity contribution in [1.82, 2.24) is 15.5 Å². The highest BCUT2D eigenvalue weighted by Gasteiger charge is 2.17. The number of likely N-dealkylation sites (N-methyl/N-ethyl adjacent to an activating group) is 1. The molecule has 7 heteroatoms. The molecule has 2 N–H and O–H groups in total. The fraction of sp³-hybridized carbons (Fsp3) is 0.500. The molecule has 0 aromatic carbocycles. The van der Waals surface area contributed by atoms with Gasteiger partial charge in [0.25, 0.3) is 0 Å². The third-order valence-electron chi connectivity index (χ3n) is 3.85. The van der Waals surface area contributed by atoms with Crippen molar-refractivity contribution in [3.8, 4) is 0 Å². The Morgan fingerprint density at radius 3 is 2.64 bits per heavy atom. The van der Waals surface area contributed by atoms with Gasteiger partial charge in [0, 0.05) is 23.9 Å². The zero-order chi connectivity index (χ0) is 17.4. The molecule has 0 radical (unpaired) electrons. The van der Waals surface area contributed by atoms with Crippen molar-refractivity contribution in [1.29, 1.82) is 0 Å². The monoisotopic (exact) mass is 476 g/mol. The smallest absolute Gasteiger partial charge is 0.191 e. The maximum Gasteiger partial charge on any atom is 0.191 e. The highest BCUT2D eigenvalue weighted by molar-refractivity contribution is 14.0. The third kappa shape index (κ3) is 6.99. The fourth-order valence-electron chi connectivity index (χ4n) is 2.44. The first-order valence-corrected chi connectivity index (χ1v) is 9.25. The highest BCUT2D eigenvalue weighted by Crippen LogP contribution is 2.21. The number of hydrogen-bond donors (Lipinski definition) is 2. The number of hydrogen-bond acceptors (Lipinski definition) is 4. The molecule has 2 unspecified atom stereocenters. The summed E-state index contributed by atoms with van der Waals surface area (Å²) in [5.41, 5.74) is 0. The van der Waals surface area contributed by atoms with Gasteiger partial charge in [-0.15, -0.1) is 35.3 Å². The summed E-state index contributed by atoms with van der Waals surface area (Å²) in [6.07, 6.45) is 1.72. The maximum atomic E-state index is 5.56. The van der Waals surface area contributed by atoms with Crippen LogP contribution in [-0.4, -0.2) is 44.6 Å². The zero-order valence-electron chi connectivity index (χ0n) is 15.4. The van der Waals surface area contributed by atoms with Crippen molar-refractivity contribution in [3.05, 3.63) is 46.5 Å². The molecule has 5 nitrogen and oxygen atoms in total. The highest BCUT2D eigenvalue weighted by atomic mass is 127. The van der Waals surface area contributed by atoms with Crippen LogP contribution in [0, 0.1) is 0 Å². The molecule has 0 bridgehead atoms. The van der Waals surface area contributed by atoms with Crippen LogP contribution in [0.3, 0.4) is 0 Å². The van der Waals surface area contributed by atoms with E-state index in [9.17, 15) is 0 Å². The Morgan fingerprint density at radius 2 is 2.08 bits per heavy atom. The van der Waals surface area contributed by atoms with Gasteiger partial charge in [-0.1, -0.05) is 13.0 Å². The molecular weight excluding hydrogens is 447 g/mol. The van der Waals surface area contributed by atoms with E-state index in [2.05, 4.69) is 61.0 Å². The Morgan fingerprint density at radius 1 is 1.28 bits per heavy atom. The van der Waals surface area contributed by atoms with Crippen molar-refractivity contribution in [3.63, 3.8) is 0 Å². The molecular formula is C18H29IN4OS. The lowest BCUT2D eigenvalue weighted by molar-refractivity contribution is 0.258. The molecule has 0 saturated carbocycles. The van der Waals surface area contributed by atoms with Crippen LogP contribution in [0.25, 0.3) is 0 Å². The van der Waals surface area contributed by atoms with Crippen molar-refractivity contribution >= 4 is 41.3 Å². The molecule has 140 valence electrons. The lowest BCUT2D eigenvalue weighted by Gasteiger charge is -2.23. The summed E-state index contributed by atoms with van der Waals surface area (Å²) < 4.78 is 5.56. The molecule has 2 rings (SSSR count). The van der Waals surface area contributed by atoms with Gasteiger partial charge < -0.3 is 15.1 Å². The molecule has 2 aromatic rings. The number of nitrogens with one attached hydrogen (secondary N) is 2. The first kappa shape index (κ1) is 22.0. The summed E-state index contributed by atoms with van der Waals surface area (Å²) in [7, 11) is 4.11. The van der Waals surface area contributed by atoms with Gasteiger partial charge in [0.15, 0.2) is 5.96 Å². The minimum absolute atomic E-state index is 0. The van der Waals surface area contributed by atoms with Crippen LogP contribution in [-0.2, 0) is 0 Å². The van der Waals surface area contributed by atoms with E-state index < -0.39 is 0 Å². The zero-order valence-corrected chi connectivity index (χ0v) is 18.5. The SMILES string of the molecule is CCNC(=NCC(C)c1cccs1)NCC(c1ccco1)N(C)C.I. The summed E-state index contributed by atoms with van der Waals surface area (Å²) in [6.45, 7) is 6.63. The standard InChI is InChI=1S/C18H28N4OS.HI/c1-5-19-18(20-12-14(2)17-9-7-11-24-17)21-13-15(22(3)4)16-8-6-10-23-16;/h6-11,14-15H,5,12-13H2,1-4H3,(H2,19,20,21);1H. The Hall–Kier alpha value is -1.06. The molecule has 0 aliphatic rings. The van der Waals surface area contributed by atoms with E-state index in [-0.39, 0.29) is 30.0 Å². The lowest BCUT2D eigenvalue weighted by atomic mass is 10.1. The maximum absolute atomic E-state index is 5.56. The Labute approximate surface area is 171 Å². The normalized spacial score (nSPS) is 14.0. The Kier molecular flexibility index (Phi) is 10.1. The predicted octanol–water partition coefficient (Wildman–Crippen LogP) is 3.92. The first-order chi connectivity index (χ1) is 11.6. The van der Waals surface area contributed by atoms with Crippen molar-refractivity contribution in [2.24, 2.45) is 4.99 Å². The second kappa shape index (κ2) is 11.5. The van der Waals surface area contributed by atoms with Gasteiger partial charge in [-0.25, -0.2) is 0 Å². The molecule has 0 aliphatic heterocycles. The Bertz CT molecular complexity index is 599. The van der Waals surface area contributed by atoms with Crippen LogP contribution in [0.1, 0.15) is 36.4 Å². The van der Waals surface area contributed by atoms with Gasteiger partial charge in [-0.3, -0.25) is 9.89 Å². The first-order valence-electron chi connectivity index (χ1n) is 8.37. The van der Waals surface area contributed by atoms with Crippen LogP contribution in [0.15, 0.2) is 45.3 Å². The predicted molar refractivity (Wildman–Crippen MR) is 117 cm³/mol. The number of nitrogens with zero attached hydrogens (tertiary/aromatic N) is 2. The number of thiophene rings is 1. The quantitative estimate of drug-likeness (QED) is 0.345. The lowest BCUT2D eigenvalue weighted by Crippen LogP contribution is -2.41. The van der Waals surface area contributed by atoms with Crippen LogP contribution in [0.2, 0.25) is 0 Å². The number of rotatable bonds is 8. The second-order valence-electron chi connectivity index (χ2n) is 6.01. The van der Waals surface area contributed by atoms with Gasteiger partial charge in [-0.2, -0.15) is 0 Å². The van der Waals surface area contributed by atoms with E-state index in [1.54, 1.807) is 17.6 Å². The minimum atomic E-state index is 0. The molecule has 2 atom stereocenters. The molecule has 0 spiro atoms. The summed E-state index contributed by atoms with van der Waals surface area (Å²) in [5.74, 6) is 2.23. The van der Waals surface area contributed by atoms with Gasteiger partial charge in [-0.05, 0) is 44.6 Å². The fourth-order valence-corrected chi connectivity index (χ4v) is 3.22. The van der Waals surface area contributed by atoms with Crippen molar-refractivity contribution < 1.29 is 4.42 Å². The van der Waals surface area contributed by atoms with E-state index in [1.165, 1.54) is 4.88 Å². The van der Waals surface area contributed by atoms with Gasteiger partial charge in [0.1, 0.15) is 5.76 Å². The van der Waals surface area contributed by atoms with E-state index in [0.717, 1.165) is 31.4 Å². The number of guanidine groups is 1. The van der Waals surface area contributed by atoms with E-state index in [1.807, 2.05) is 12.1 Å². The summed E-state index contributed by atoms with van der Waals surface area (Å²) >= 11 is 1.79. The average Bonchev–Trinajstić information content (AvgIpc) is 3.25. The summed E-state index contributed by atoms with van der Waals surface area (Å²) in [4.78, 5) is 8.25. The van der Waals surface area contributed by atoms with Crippen LogP contribution in [0.5, 0.6) is 0 Å². The van der Waals surface area contributed by atoms with Crippen molar-refractivity contribution in [2.45, 2.75) is 25.8 Å². The average molecular weight is 476 g/mol. The molecule has 0 saturated heterocycles. The topological polar surface area (TPSA) is 52.8 Å². The Balaban J connectivity index is 0.00000312. The summed E-state index contributed by atoms with van der Waals surface area (Å²) in [6, 6.07) is 8.36. The van der Waals surface area contributed by atoms with Gasteiger partial charge in [0.05, 0.1) is 18.8 Å². The molecule has 25 heavy (non-hydrogen) atoms. The van der Waals surface area contributed by atoms with Gasteiger partial charge >= 0.3 is 0 Å². The second-order valence-corrected chi connectivity index (χ2v) is 6.99. The van der Waals surface area contributed by atoms with Crippen LogP contribution >= 0.6 is 35.3 Å².